The predicted octanol–water partition coefficient (Wildman–Crippen LogP) is 3.95. The quantitative estimate of drug-likeness (QED) is 0.734. The van der Waals surface area contributed by atoms with E-state index in [2.05, 4.69) is 0 Å². The standard InChI is InChI=1S/C16H11ClFNO2/c17-14-8-13(18)5-3-11(14)9-19-10-12(4-6-16(19)20)15-2-1-7-21-15/h1-8,10H,9H2. The number of furan rings is 1. The molecule has 0 aliphatic rings. The first-order valence-electron chi connectivity index (χ1n) is 6.32. The summed E-state index contributed by atoms with van der Waals surface area (Å²) < 4.78 is 19.9. The van der Waals surface area contributed by atoms with Crippen LogP contribution in [0.15, 0.2) is 64.1 Å². The van der Waals surface area contributed by atoms with Crippen molar-refractivity contribution in [2.24, 2.45) is 0 Å². The fourth-order valence-corrected chi connectivity index (χ4v) is 2.30. The Bertz CT molecular complexity index is 825. The fourth-order valence-electron chi connectivity index (χ4n) is 2.08. The SMILES string of the molecule is O=c1ccc(-c2ccco2)cn1Cc1ccc(F)cc1Cl. The molecule has 0 atom stereocenters. The molecule has 0 N–H and O–H groups in total. The Kier molecular flexibility index (Phi) is 3.62. The first-order chi connectivity index (χ1) is 10.1. The second-order valence-electron chi connectivity index (χ2n) is 4.60. The predicted molar refractivity (Wildman–Crippen MR) is 78.9 cm³/mol. The molecule has 5 heteroatoms. The van der Waals surface area contributed by atoms with Crippen LogP contribution < -0.4 is 5.56 Å². The molecule has 0 amide bonds. The number of halogens is 2. The average molecular weight is 304 g/mol. The summed E-state index contributed by atoms with van der Waals surface area (Å²) in [7, 11) is 0. The molecule has 106 valence electrons. The van der Waals surface area contributed by atoms with Crippen molar-refractivity contribution in [2.75, 3.05) is 0 Å². The maximum atomic E-state index is 13.1. The van der Waals surface area contributed by atoms with Gasteiger partial charge in [0.05, 0.1) is 12.8 Å². The Labute approximate surface area is 125 Å². The van der Waals surface area contributed by atoms with Crippen molar-refractivity contribution in [3.63, 3.8) is 0 Å². The van der Waals surface area contributed by atoms with Crippen LogP contribution in [0.3, 0.4) is 0 Å². The van der Waals surface area contributed by atoms with E-state index < -0.39 is 5.82 Å². The van der Waals surface area contributed by atoms with Gasteiger partial charge in [-0.3, -0.25) is 4.79 Å². The fraction of sp³-hybridized carbons (Fsp3) is 0.0625. The Balaban J connectivity index is 1.98. The van der Waals surface area contributed by atoms with Crippen molar-refractivity contribution in [1.29, 1.82) is 0 Å². The molecule has 0 aliphatic carbocycles. The Morgan fingerprint density at radius 2 is 2.05 bits per heavy atom. The molecule has 0 aliphatic heterocycles. The minimum Gasteiger partial charge on any atom is -0.464 e. The van der Waals surface area contributed by atoms with Gasteiger partial charge in [0.25, 0.3) is 5.56 Å². The number of nitrogens with zero attached hydrogens (tertiary/aromatic N) is 1. The second-order valence-corrected chi connectivity index (χ2v) is 5.00. The molecule has 0 fully saturated rings. The molecule has 1 aromatic carbocycles. The van der Waals surface area contributed by atoms with Gasteiger partial charge >= 0.3 is 0 Å². The van der Waals surface area contributed by atoms with E-state index in [1.807, 2.05) is 6.07 Å². The van der Waals surface area contributed by atoms with Gasteiger partial charge in [-0.1, -0.05) is 17.7 Å². The molecule has 0 spiro atoms. The minimum atomic E-state index is -0.402. The Morgan fingerprint density at radius 3 is 2.76 bits per heavy atom. The van der Waals surface area contributed by atoms with Gasteiger partial charge in [-0.2, -0.15) is 0 Å². The number of rotatable bonds is 3. The summed E-state index contributed by atoms with van der Waals surface area (Å²) in [6.07, 6.45) is 3.27. The van der Waals surface area contributed by atoms with Gasteiger partial charge in [-0.25, -0.2) is 4.39 Å². The maximum absolute atomic E-state index is 13.1. The Morgan fingerprint density at radius 1 is 1.19 bits per heavy atom. The van der Waals surface area contributed by atoms with E-state index >= 15 is 0 Å². The Hall–Kier alpha value is -2.33. The van der Waals surface area contributed by atoms with Crippen molar-refractivity contribution in [3.05, 3.63) is 81.7 Å². The summed E-state index contributed by atoms with van der Waals surface area (Å²) in [6, 6.07) is 10.9. The normalized spacial score (nSPS) is 10.8. The first kappa shape index (κ1) is 13.6. The molecule has 0 unspecified atom stereocenters. The number of benzene rings is 1. The van der Waals surface area contributed by atoms with Gasteiger partial charge in [0.2, 0.25) is 0 Å². The summed E-state index contributed by atoms with van der Waals surface area (Å²) >= 11 is 6.00. The van der Waals surface area contributed by atoms with E-state index in [0.717, 1.165) is 5.56 Å². The molecule has 3 nitrogen and oxygen atoms in total. The highest BCUT2D eigenvalue weighted by molar-refractivity contribution is 6.31. The third-order valence-electron chi connectivity index (χ3n) is 3.14. The lowest BCUT2D eigenvalue weighted by Crippen LogP contribution is -2.19. The van der Waals surface area contributed by atoms with E-state index in [0.29, 0.717) is 16.3 Å². The minimum absolute atomic E-state index is 0.161. The van der Waals surface area contributed by atoms with E-state index in [-0.39, 0.29) is 12.1 Å². The lowest BCUT2D eigenvalue weighted by atomic mass is 10.2. The highest BCUT2D eigenvalue weighted by atomic mass is 35.5. The monoisotopic (exact) mass is 303 g/mol. The number of pyridine rings is 1. The summed E-state index contributed by atoms with van der Waals surface area (Å²) in [5, 5.41) is 0.297. The van der Waals surface area contributed by atoms with Crippen LogP contribution in [-0.4, -0.2) is 4.57 Å². The van der Waals surface area contributed by atoms with Crippen molar-refractivity contribution >= 4 is 11.6 Å². The van der Waals surface area contributed by atoms with Crippen LogP contribution in [0.1, 0.15) is 5.56 Å². The van der Waals surface area contributed by atoms with Gasteiger partial charge in [0.15, 0.2) is 0 Å². The lowest BCUT2D eigenvalue weighted by Gasteiger charge is -2.09. The molecule has 2 heterocycles. The van der Waals surface area contributed by atoms with Gasteiger partial charge in [-0.05, 0) is 35.9 Å². The van der Waals surface area contributed by atoms with E-state index in [9.17, 15) is 9.18 Å². The molecule has 3 rings (SSSR count). The molecule has 21 heavy (non-hydrogen) atoms. The van der Waals surface area contributed by atoms with Gasteiger partial charge in [0, 0.05) is 22.8 Å². The van der Waals surface area contributed by atoms with Crippen LogP contribution in [0.4, 0.5) is 4.39 Å². The number of aromatic nitrogens is 1. The average Bonchev–Trinajstić information content (AvgIpc) is 2.98. The van der Waals surface area contributed by atoms with Crippen molar-refractivity contribution < 1.29 is 8.81 Å². The first-order valence-corrected chi connectivity index (χ1v) is 6.69. The van der Waals surface area contributed by atoms with E-state index in [4.69, 9.17) is 16.0 Å². The van der Waals surface area contributed by atoms with Crippen LogP contribution in [-0.2, 0) is 6.54 Å². The van der Waals surface area contributed by atoms with Gasteiger partial charge in [-0.15, -0.1) is 0 Å². The largest absolute Gasteiger partial charge is 0.464 e. The molecule has 3 aromatic rings. The van der Waals surface area contributed by atoms with Gasteiger partial charge < -0.3 is 8.98 Å². The zero-order chi connectivity index (χ0) is 14.8. The van der Waals surface area contributed by atoms with Crippen LogP contribution in [0.25, 0.3) is 11.3 Å². The van der Waals surface area contributed by atoms with Crippen LogP contribution in [0.2, 0.25) is 5.02 Å². The number of hydrogen-bond donors (Lipinski definition) is 0. The molecule has 0 radical (unpaired) electrons. The summed E-state index contributed by atoms with van der Waals surface area (Å²) in [4.78, 5) is 11.9. The summed E-state index contributed by atoms with van der Waals surface area (Å²) in [5.74, 6) is 0.273. The molecular weight excluding hydrogens is 293 g/mol. The topological polar surface area (TPSA) is 35.1 Å². The number of hydrogen-bond acceptors (Lipinski definition) is 2. The van der Waals surface area contributed by atoms with E-state index in [1.165, 1.54) is 22.8 Å². The smallest absolute Gasteiger partial charge is 0.250 e. The zero-order valence-corrected chi connectivity index (χ0v) is 11.7. The summed E-state index contributed by atoms with van der Waals surface area (Å²) in [6.45, 7) is 0.270. The molecule has 0 saturated carbocycles. The third-order valence-corrected chi connectivity index (χ3v) is 3.50. The van der Waals surface area contributed by atoms with Crippen LogP contribution >= 0.6 is 11.6 Å². The van der Waals surface area contributed by atoms with Crippen LogP contribution in [0.5, 0.6) is 0 Å². The van der Waals surface area contributed by atoms with Crippen LogP contribution in [0, 0.1) is 5.82 Å². The second kappa shape index (κ2) is 5.58. The van der Waals surface area contributed by atoms with Crippen molar-refractivity contribution in [3.8, 4) is 11.3 Å². The molecular formula is C16H11ClFNO2. The van der Waals surface area contributed by atoms with Gasteiger partial charge in [0.1, 0.15) is 11.6 Å². The third kappa shape index (κ3) is 2.90. The van der Waals surface area contributed by atoms with Crippen molar-refractivity contribution in [2.45, 2.75) is 6.54 Å². The summed E-state index contributed by atoms with van der Waals surface area (Å²) in [5.41, 5.74) is 1.31. The maximum Gasteiger partial charge on any atom is 0.250 e. The molecule has 2 aromatic heterocycles. The van der Waals surface area contributed by atoms with Crippen molar-refractivity contribution in [1.82, 2.24) is 4.57 Å². The molecule has 0 saturated heterocycles. The lowest BCUT2D eigenvalue weighted by molar-refractivity contribution is 0.581. The highest BCUT2D eigenvalue weighted by Gasteiger charge is 2.07. The highest BCUT2D eigenvalue weighted by Crippen LogP contribution is 2.20. The van der Waals surface area contributed by atoms with E-state index in [1.54, 1.807) is 30.7 Å². The zero-order valence-electron chi connectivity index (χ0n) is 10.9. The molecule has 0 bridgehead atoms.